The fourth-order valence-electron chi connectivity index (χ4n) is 3.87. The van der Waals surface area contributed by atoms with Crippen molar-refractivity contribution in [2.75, 3.05) is 5.32 Å². The molecule has 0 atom stereocenters. The van der Waals surface area contributed by atoms with Crippen molar-refractivity contribution in [3.8, 4) is 22.4 Å². The molecular weight excluding hydrogens is 368 g/mol. The molecule has 1 aliphatic carbocycles. The fourth-order valence-corrected chi connectivity index (χ4v) is 4.00. The summed E-state index contributed by atoms with van der Waals surface area (Å²) in [7, 11) is 0. The van der Waals surface area contributed by atoms with Gasteiger partial charge in [-0.1, -0.05) is 48.7 Å². The Bertz CT molecular complexity index is 1090. The molecule has 0 unspecified atom stereocenters. The highest BCUT2D eigenvalue weighted by Gasteiger charge is 2.16. The van der Waals surface area contributed by atoms with Crippen molar-refractivity contribution in [2.24, 2.45) is 0 Å². The predicted octanol–water partition coefficient (Wildman–Crippen LogP) is 6.30. The average Bonchev–Trinajstić information content (AvgIpc) is 3.37. The van der Waals surface area contributed by atoms with Crippen LogP contribution in [0, 0.1) is 0 Å². The fraction of sp³-hybridized carbons (Fsp3) is 0.217. The van der Waals surface area contributed by atoms with Crippen molar-refractivity contribution < 1.29 is 0 Å². The molecule has 4 aromatic rings. The van der Waals surface area contributed by atoms with E-state index in [1.807, 2.05) is 30.5 Å². The molecule has 2 heterocycles. The third kappa shape index (κ3) is 3.48. The Morgan fingerprint density at radius 1 is 0.893 bits per heavy atom. The predicted molar refractivity (Wildman–Crippen MR) is 116 cm³/mol. The van der Waals surface area contributed by atoms with Gasteiger partial charge in [-0.05, 0) is 48.7 Å². The first-order valence-corrected chi connectivity index (χ1v) is 10.1. The highest BCUT2D eigenvalue weighted by atomic mass is 35.5. The highest BCUT2D eigenvalue weighted by Crippen LogP contribution is 2.27. The first-order valence-electron chi connectivity index (χ1n) is 9.73. The zero-order chi connectivity index (χ0) is 18.9. The molecule has 28 heavy (non-hydrogen) atoms. The minimum absolute atomic E-state index is 0.544. The second kappa shape index (κ2) is 7.28. The molecule has 0 saturated heterocycles. The number of benzene rings is 2. The molecule has 140 valence electrons. The van der Waals surface area contributed by atoms with E-state index in [1.54, 1.807) is 0 Å². The molecule has 0 bridgehead atoms. The van der Waals surface area contributed by atoms with Crippen LogP contribution in [0.1, 0.15) is 25.7 Å². The maximum atomic E-state index is 5.97. The van der Waals surface area contributed by atoms with Gasteiger partial charge in [-0.25, -0.2) is 4.98 Å². The van der Waals surface area contributed by atoms with Crippen LogP contribution in [0.3, 0.4) is 0 Å². The molecule has 0 spiro atoms. The lowest BCUT2D eigenvalue weighted by Crippen LogP contribution is -2.15. The van der Waals surface area contributed by atoms with Crippen LogP contribution in [0.5, 0.6) is 0 Å². The quantitative estimate of drug-likeness (QED) is 0.431. The monoisotopic (exact) mass is 388 g/mol. The van der Waals surface area contributed by atoms with Crippen LogP contribution in [0.25, 0.3) is 33.4 Å². The number of H-pyrrole nitrogens is 1. The normalized spacial score (nSPS) is 14.6. The number of fused-ring (bicyclic) bond motifs is 1. The number of pyridine rings is 1. The number of rotatable bonds is 4. The number of aromatic nitrogens is 3. The molecular formula is C23H21ClN4. The van der Waals surface area contributed by atoms with E-state index in [2.05, 4.69) is 45.6 Å². The number of nitrogens with zero attached hydrogens (tertiary/aromatic N) is 2. The van der Waals surface area contributed by atoms with Gasteiger partial charge in [-0.2, -0.15) is 0 Å². The molecule has 0 aliphatic heterocycles. The van der Waals surface area contributed by atoms with Crippen LogP contribution in [0.15, 0.2) is 60.8 Å². The summed E-state index contributed by atoms with van der Waals surface area (Å²) < 4.78 is 0. The molecule has 5 rings (SSSR count). The summed E-state index contributed by atoms with van der Waals surface area (Å²) in [6, 6.07) is 18.7. The zero-order valence-electron chi connectivity index (χ0n) is 15.5. The molecule has 2 N–H and O–H groups in total. The van der Waals surface area contributed by atoms with Gasteiger partial charge in [0, 0.05) is 28.4 Å². The van der Waals surface area contributed by atoms with E-state index in [9.17, 15) is 0 Å². The summed E-state index contributed by atoms with van der Waals surface area (Å²) in [6.45, 7) is 0. The SMILES string of the molecule is Clc1ccc(-c2ccc(-c3ccc4[nH]c(NC5CCCC5)nc4c3)nc2)cc1. The minimum atomic E-state index is 0.544. The van der Waals surface area contributed by atoms with Gasteiger partial charge in [0.15, 0.2) is 0 Å². The largest absolute Gasteiger partial charge is 0.353 e. The van der Waals surface area contributed by atoms with Gasteiger partial charge in [0.25, 0.3) is 0 Å². The first-order chi connectivity index (χ1) is 13.7. The number of aromatic amines is 1. The maximum Gasteiger partial charge on any atom is 0.201 e. The molecule has 1 saturated carbocycles. The van der Waals surface area contributed by atoms with Crippen LogP contribution in [0.2, 0.25) is 5.02 Å². The smallest absolute Gasteiger partial charge is 0.201 e. The van der Waals surface area contributed by atoms with E-state index in [1.165, 1.54) is 25.7 Å². The Labute approximate surface area is 169 Å². The van der Waals surface area contributed by atoms with Crippen molar-refractivity contribution in [2.45, 2.75) is 31.7 Å². The average molecular weight is 389 g/mol. The van der Waals surface area contributed by atoms with E-state index in [0.717, 1.165) is 44.4 Å². The number of anilines is 1. The van der Waals surface area contributed by atoms with Crippen molar-refractivity contribution >= 4 is 28.6 Å². The van der Waals surface area contributed by atoms with Gasteiger partial charge in [-0.15, -0.1) is 0 Å². The first kappa shape index (κ1) is 17.3. The van der Waals surface area contributed by atoms with Crippen molar-refractivity contribution in [3.63, 3.8) is 0 Å². The molecule has 0 radical (unpaired) electrons. The van der Waals surface area contributed by atoms with Crippen LogP contribution >= 0.6 is 11.6 Å². The Morgan fingerprint density at radius 3 is 2.39 bits per heavy atom. The summed E-state index contributed by atoms with van der Waals surface area (Å²) in [6.07, 6.45) is 6.97. The molecule has 0 amide bonds. The molecule has 2 aromatic carbocycles. The maximum absolute atomic E-state index is 5.97. The Morgan fingerprint density at radius 2 is 1.64 bits per heavy atom. The lowest BCUT2D eigenvalue weighted by molar-refractivity contribution is 0.747. The van der Waals surface area contributed by atoms with Gasteiger partial charge in [0.05, 0.1) is 16.7 Å². The lowest BCUT2D eigenvalue weighted by Gasteiger charge is -2.09. The Kier molecular flexibility index (Phi) is 4.49. The van der Waals surface area contributed by atoms with E-state index in [0.29, 0.717) is 6.04 Å². The van der Waals surface area contributed by atoms with Crippen LogP contribution in [-0.2, 0) is 0 Å². The number of hydrogen-bond donors (Lipinski definition) is 2. The third-order valence-corrected chi connectivity index (χ3v) is 5.67. The summed E-state index contributed by atoms with van der Waals surface area (Å²) in [5, 5.41) is 4.27. The van der Waals surface area contributed by atoms with Gasteiger partial charge < -0.3 is 10.3 Å². The van der Waals surface area contributed by atoms with Crippen LogP contribution < -0.4 is 5.32 Å². The van der Waals surface area contributed by atoms with Gasteiger partial charge in [-0.3, -0.25) is 4.98 Å². The topological polar surface area (TPSA) is 53.6 Å². The van der Waals surface area contributed by atoms with Crippen molar-refractivity contribution in [1.82, 2.24) is 15.0 Å². The van der Waals surface area contributed by atoms with Gasteiger partial charge in [0.2, 0.25) is 5.95 Å². The van der Waals surface area contributed by atoms with Crippen molar-refractivity contribution in [1.29, 1.82) is 0 Å². The van der Waals surface area contributed by atoms with E-state index in [-0.39, 0.29) is 0 Å². The molecule has 1 aliphatic rings. The van der Waals surface area contributed by atoms with Crippen LogP contribution in [-0.4, -0.2) is 21.0 Å². The Hall–Kier alpha value is -2.85. The number of halogens is 1. The third-order valence-electron chi connectivity index (χ3n) is 5.42. The lowest BCUT2D eigenvalue weighted by atomic mass is 10.1. The summed E-state index contributed by atoms with van der Waals surface area (Å²) in [5.41, 5.74) is 6.18. The van der Waals surface area contributed by atoms with E-state index < -0.39 is 0 Å². The summed E-state index contributed by atoms with van der Waals surface area (Å²) in [5.74, 6) is 0.866. The number of hydrogen-bond acceptors (Lipinski definition) is 3. The standard InChI is InChI=1S/C23H21ClN4/c24-18-9-5-15(6-10-18)17-8-11-20(25-14-17)16-7-12-21-22(13-16)28-23(27-21)26-19-3-1-2-4-19/h5-14,19H,1-4H2,(H2,26,27,28). The summed E-state index contributed by atoms with van der Waals surface area (Å²) in [4.78, 5) is 12.8. The van der Waals surface area contributed by atoms with Crippen LogP contribution in [0.4, 0.5) is 5.95 Å². The molecule has 4 nitrogen and oxygen atoms in total. The van der Waals surface area contributed by atoms with Gasteiger partial charge in [0.1, 0.15) is 0 Å². The van der Waals surface area contributed by atoms with Crippen molar-refractivity contribution in [3.05, 3.63) is 65.8 Å². The molecule has 5 heteroatoms. The molecule has 2 aromatic heterocycles. The highest BCUT2D eigenvalue weighted by molar-refractivity contribution is 6.30. The minimum Gasteiger partial charge on any atom is -0.353 e. The zero-order valence-corrected chi connectivity index (χ0v) is 16.2. The number of nitrogens with one attached hydrogen (secondary N) is 2. The van der Waals surface area contributed by atoms with E-state index in [4.69, 9.17) is 16.6 Å². The van der Waals surface area contributed by atoms with Gasteiger partial charge >= 0.3 is 0 Å². The second-order valence-electron chi connectivity index (χ2n) is 7.38. The number of imidazole rings is 1. The molecule has 1 fully saturated rings. The summed E-state index contributed by atoms with van der Waals surface area (Å²) >= 11 is 5.97. The second-order valence-corrected chi connectivity index (χ2v) is 7.82. The van der Waals surface area contributed by atoms with E-state index >= 15 is 0 Å². The Balaban J connectivity index is 1.39.